The summed E-state index contributed by atoms with van der Waals surface area (Å²) in [6.07, 6.45) is 0.798. The van der Waals surface area contributed by atoms with Gasteiger partial charge < -0.3 is 10.5 Å². The zero-order valence-electron chi connectivity index (χ0n) is 10.7. The van der Waals surface area contributed by atoms with Crippen LogP contribution in [0, 0.1) is 0 Å². The van der Waals surface area contributed by atoms with Crippen LogP contribution >= 0.6 is 0 Å². The van der Waals surface area contributed by atoms with E-state index < -0.39 is 10.0 Å². The molecule has 1 aliphatic rings. The highest BCUT2D eigenvalue weighted by molar-refractivity contribution is 7.92. The van der Waals surface area contributed by atoms with E-state index in [4.69, 9.17) is 10.5 Å². The Morgan fingerprint density at radius 1 is 1.10 bits per heavy atom. The van der Waals surface area contributed by atoms with Gasteiger partial charge in [0, 0.05) is 17.8 Å². The van der Waals surface area contributed by atoms with Gasteiger partial charge >= 0.3 is 0 Å². The Labute approximate surface area is 117 Å². The minimum absolute atomic E-state index is 0.184. The molecule has 104 valence electrons. The van der Waals surface area contributed by atoms with Gasteiger partial charge in [-0.2, -0.15) is 0 Å². The summed E-state index contributed by atoms with van der Waals surface area (Å²) in [4.78, 5) is 0.184. The Kier molecular flexibility index (Phi) is 3.02. The predicted octanol–water partition coefficient (Wildman–Crippen LogP) is 2.00. The minimum atomic E-state index is -3.59. The second-order valence-corrected chi connectivity index (χ2v) is 6.28. The van der Waals surface area contributed by atoms with Crippen LogP contribution in [0.25, 0.3) is 0 Å². The van der Waals surface area contributed by atoms with Gasteiger partial charge in [-0.1, -0.05) is 0 Å². The van der Waals surface area contributed by atoms with Gasteiger partial charge in [0.05, 0.1) is 11.5 Å². The van der Waals surface area contributed by atoms with Crippen LogP contribution in [0.2, 0.25) is 0 Å². The monoisotopic (exact) mass is 290 g/mol. The molecule has 2 aromatic carbocycles. The number of nitrogen functional groups attached to an aromatic ring is 1. The van der Waals surface area contributed by atoms with E-state index in [2.05, 4.69) is 4.72 Å². The molecule has 0 radical (unpaired) electrons. The molecule has 0 aliphatic carbocycles. The maximum Gasteiger partial charge on any atom is 0.261 e. The lowest BCUT2D eigenvalue weighted by Gasteiger charge is -2.09. The quantitative estimate of drug-likeness (QED) is 0.847. The molecule has 0 amide bonds. The molecule has 0 unspecified atom stereocenters. The minimum Gasteiger partial charge on any atom is -0.493 e. The molecule has 0 bridgehead atoms. The lowest BCUT2D eigenvalue weighted by atomic mass is 10.1. The predicted molar refractivity (Wildman–Crippen MR) is 77.3 cm³/mol. The zero-order chi connectivity index (χ0) is 14.2. The highest BCUT2D eigenvalue weighted by Crippen LogP contribution is 2.28. The molecular formula is C14H14N2O3S. The summed E-state index contributed by atoms with van der Waals surface area (Å²) in [5, 5.41) is 0. The standard InChI is InChI=1S/C14H14N2O3S/c15-11-1-4-13(5-2-11)20(17,18)16-12-3-6-14-10(9-12)7-8-19-14/h1-6,9,16H,7-8,15H2. The first-order valence-electron chi connectivity index (χ1n) is 6.19. The van der Waals surface area contributed by atoms with Crippen molar-refractivity contribution in [2.45, 2.75) is 11.3 Å². The number of ether oxygens (including phenoxy) is 1. The lowest BCUT2D eigenvalue weighted by Crippen LogP contribution is -2.13. The van der Waals surface area contributed by atoms with Gasteiger partial charge in [0.25, 0.3) is 10.0 Å². The third-order valence-electron chi connectivity index (χ3n) is 3.13. The molecule has 6 heteroatoms. The summed E-state index contributed by atoms with van der Waals surface area (Å²) in [6, 6.07) is 11.4. The van der Waals surface area contributed by atoms with Crippen molar-refractivity contribution in [2.75, 3.05) is 17.1 Å². The molecule has 0 fully saturated rings. The summed E-state index contributed by atoms with van der Waals surface area (Å²) in [6.45, 7) is 0.642. The third-order valence-corrected chi connectivity index (χ3v) is 4.53. The number of hydrogen-bond acceptors (Lipinski definition) is 4. The van der Waals surface area contributed by atoms with Crippen LogP contribution in [0.15, 0.2) is 47.4 Å². The normalized spacial score (nSPS) is 13.6. The van der Waals surface area contributed by atoms with Crippen LogP contribution < -0.4 is 15.2 Å². The summed E-state index contributed by atoms with van der Waals surface area (Å²) >= 11 is 0. The fourth-order valence-electron chi connectivity index (χ4n) is 2.11. The average molecular weight is 290 g/mol. The molecule has 1 heterocycles. The van der Waals surface area contributed by atoms with Gasteiger partial charge in [-0.25, -0.2) is 8.42 Å². The molecule has 0 spiro atoms. The van der Waals surface area contributed by atoms with Crippen LogP contribution in [-0.4, -0.2) is 15.0 Å². The number of hydrogen-bond donors (Lipinski definition) is 2. The Morgan fingerprint density at radius 2 is 1.85 bits per heavy atom. The van der Waals surface area contributed by atoms with Crippen LogP contribution in [0.4, 0.5) is 11.4 Å². The molecule has 2 aromatic rings. The van der Waals surface area contributed by atoms with Crippen molar-refractivity contribution in [1.82, 2.24) is 0 Å². The number of rotatable bonds is 3. The van der Waals surface area contributed by atoms with E-state index in [9.17, 15) is 8.42 Å². The molecule has 5 nitrogen and oxygen atoms in total. The van der Waals surface area contributed by atoms with Crippen molar-refractivity contribution >= 4 is 21.4 Å². The molecule has 3 rings (SSSR count). The van der Waals surface area contributed by atoms with Gasteiger partial charge in [-0.15, -0.1) is 0 Å². The second-order valence-electron chi connectivity index (χ2n) is 4.60. The molecule has 0 aromatic heterocycles. The number of nitrogens with one attached hydrogen (secondary N) is 1. The summed E-state index contributed by atoms with van der Waals surface area (Å²) in [5.41, 5.74) is 7.63. The van der Waals surface area contributed by atoms with Crippen LogP contribution in [0.3, 0.4) is 0 Å². The number of nitrogens with two attached hydrogens (primary N) is 1. The Bertz CT molecular complexity index is 740. The summed E-state index contributed by atoms with van der Waals surface area (Å²) in [7, 11) is -3.59. The van der Waals surface area contributed by atoms with Gasteiger partial charge in [0.1, 0.15) is 5.75 Å². The van der Waals surface area contributed by atoms with Gasteiger partial charge in [-0.3, -0.25) is 4.72 Å². The lowest BCUT2D eigenvalue weighted by molar-refractivity contribution is 0.357. The van der Waals surface area contributed by atoms with E-state index in [1.165, 1.54) is 12.1 Å². The first-order chi connectivity index (χ1) is 9.54. The van der Waals surface area contributed by atoms with Crippen molar-refractivity contribution in [3.8, 4) is 5.75 Å². The number of fused-ring (bicyclic) bond motifs is 1. The Balaban J connectivity index is 1.88. The number of anilines is 2. The highest BCUT2D eigenvalue weighted by atomic mass is 32.2. The molecule has 20 heavy (non-hydrogen) atoms. The molecule has 0 saturated heterocycles. The first kappa shape index (κ1) is 12.8. The first-order valence-corrected chi connectivity index (χ1v) is 7.67. The van der Waals surface area contributed by atoms with Gasteiger partial charge in [0.2, 0.25) is 0 Å². The molecule has 1 aliphatic heterocycles. The van der Waals surface area contributed by atoms with E-state index in [1.54, 1.807) is 30.3 Å². The maximum atomic E-state index is 12.2. The van der Waals surface area contributed by atoms with Crippen molar-refractivity contribution in [2.24, 2.45) is 0 Å². The van der Waals surface area contributed by atoms with Crippen LogP contribution in [0.1, 0.15) is 5.56 Å². The fraction of sp³-hybridized carbons (Fsp3) is 0.143. The fourth-order valence-corrected chi connectivity index (χ4v) is 3.16. The third kappa shape index (κ3) is 2.42. The number of sulfonamides is 1. The molecule has 3 N–H and O–H groups in total. The second kappa shape index (κ2) is 4.72. The topological polar surface area (TPSA) is 81.4 Å². The summed E-state index contributed by atoms with van der Waals surface area (Å²) in [5.74, 6) is 0.820. The average Bonchev–Trinajstić information content (AvgIpc) is 2.86. The molecular weight excluding hydrogens is 276 g/mol. The van der Waals surface area contributed by atoms with E-state index >= 15 is 0 Å². The van der Waals surface area contributed by atoms with Crippen molar-refractivity contribution < 1.29 is 13.2 Å². The largest absolute Gasteiger partial charge is 0.493 e. The summed E-state index contributed by atoms with van der Waals surface area (Å²) < 4.78 is 32.4. The van der Waals surface area contributed by atoms with Crippen molar-refractivity contribution in [3.63, 3.8) is 0 Å². The van der Waals surface area contributed by atoms with E-state index in [0.29, 0.717) is 18.0 Å². The SMILES string of the molecule is Nc1ccc(S(=O)(=O)Nc2ccc3c(c2)CCO3)cc1. The number of benzene rings is 2. The van der Waals surface area contributed by atoms with Crippen molar-refractivity contribution in [3.05, 3.63) is 48.0 Å². The van der Waals surface area contributed by atoms with Gasteiger partial charge in [-0.05, 0) is 48.0 Å². The Hall–Kier alpha value is -2.21. The van der Waals surface area contributed by atoms with Crippen molar-refractivity contribution in [1.29, 1.82) is 0 Å². The Morgan fingerprint density at radius 3 is 2.60 bits per heavy atom. The molecule has 0 atom stereocenters. The zero-order valence-corrected chi connectivity index (χ0v) is 11.5. The van der Waals surface area contributed by atoms with Crippen LogP contribution in [0.5, 0.6) is 5.75 Å². The highest BCUT2D eigenvalue weighted by Gasteiger charge is 2.17. The van der Waals surface area contributed by atoms with Gasteiger partial charge in [0.15, 0.2) is 0 Å². The smallest absolute Gasteiger partial charge is 0.261 e. The molecule has 0 saturated carbocycles. The van der Waals surface area contributed by atoms with E-state index in [0.717, 1.165) is 17.7 Å². The van der Waals surface area contributed by atoms with Crippen LogP contribution in [-0.2, 0) is 16.4 Å². The van der Waals surface area contributed by atoms with E-state index in [1.807, 2.05) is 0 Å². The maximum absolute atomic E-state index is 12.2. The van der Waals surface area contributed by atoms with E-state index in [-0.39, 0.29) is 4.90 Å².